The molecule has 4 fully saturated rings. The minimum Gasteiger partial charge on any atom is -0.308 e. The molecular weight excluding hydrogens is 268 g/mol. The molecule has 0 radical (unpaired) electrons. The van der Waals surface area contributed by atoms with Gasteiger partial charge in [0.05, 0.1) is 0 Å². The fraction of sp³-hybridized carbons (Fsp3) is 1.00. The van der Waals surface area contributed by atoms with Crippen LogP contribution in [0.4, 0.5) is 0 Å². The lowest BCUT2D eigenvalue weighted by molar-refractivity contribution is 0.0767. The van der Waals surface area contributed by atoms with Crippen LogP contribution in [0.5, 0.6) is 0 Å². The van der Waals surface area contributed by atoms with Crippen molar-refractivity contribution in [2.75, 3.05) is 0 Å². The Balaban J connectivity index is 1.50. The van der Waals surface area contributed by atoms with E-state index < -0.39 is 0 Å². The second kappa shape index (κ2) is 7.21. The summed E-state index contributed by atoms with van der Waals surface area (Å²) in [5.41, 5.74) is 0. The molecule has 0 bridgehead atoms. The van der Waals surface area contributed by atoms with Crippen molar-refractivity contribution in [1.82, 2.24) is 10.6 Å². The Morgan fingerprint density at radius 3 is 1.18 bits per heavy atom. The van der Waals surface area contributed by atoms with Crippen molar-refractivity contribution in [3.05, 3.63) is 0 Å². The van der Waals surface area contributed by atoms with Gasteiger partial charge < -0.3 is 10.6 Å². The Morgan fingerprint density at radius 1 is 0.409 bits per heavy atom. The van der Waals surface area contributed by atoms with Crippen LogP contribution in [-0.2, 0) is 0 Å². The van der Waals surface area contributed by atoms with E-state index in [1.807, 2.05) is 0 Å². The lowest BCUT2D eigenvalue weighted by Crippen LogP contribution is -2.70. The molecule has 0 spiro atoms. The van der Waals surface area contributed by atoms with E-state index in [-0.39, 0.29) is 0 Å². The van der Waals surface area contributed by atoms with E-state index in [4.69, 9.17) is 0 Å². The van der Waals surface area contributed by atoms with Crippen LogP contribution in [-0.4, -0.2) is 24.2 Å². The van der Waals surface area contributed by atoms with Crippen molar-refractivity contribution in [3.63, 3.8) is 0 Å². The first-order valence-electron chi connectivity index (χ1n) is 10.4. The summed E-state index contributed by atoms with van der Waals surface area (Å²) < 4.78 is 0. The van der Waals surface area contributed by atoms with Crippen molar-refractivity contribution in [1.29, 1.82) is 0 Å². The van der Waals surface area contributed by atoms with Crippen LogP contribution in [0.3, 0.4) is 0 Å². The van der Waals surface area contributed by atoms with Crippen LogP contribution in [0.15, 0.2) is 0 Å². The predicted octanol–water partition coefficient (Wildman–Crippen LogP) is 4.39. The molecule has 0 aromatic rings. The summed E-state index contributed by atoms with van der Waals surface area (Å²) in [6.07, 6.45) is 20.6. The Kier molecular flexibility index (Phi) is 5.07. The number of hydrogen-bond donors (Lipinski definition) is 2. The van der Waals surface area contributed by atoms with E-state index in [2.05, 4.69) is 10.6 Å². The third-order valence-corrected chi connectivity index (χ3v) is 7.28. The Labute approximate surface area is 137 Å². The van der Waals surface area contributed by atoms with Crippen molar-refractivity contribution >= 4 is 0 Å². The van der Waals surface area contributed by atoms with Gasteiger partial charge in [-0.2, -0.15) is 0 Å². The third kappa shape index (κ3) is 3.24. The average Bonchev–Trinajstić information content (AvgIpc) is 2.62. The molecule has 1 aliphatic heterocycles. The standard InChI is InChI=1S/C20H36N2/c1-3-9-15(10-4-1)19-20(16-11-5-2-6-12-16)22-18-14-8-7-13-17(18)21-19/h15-22H,1-14H2. The Hall–Kier alpha value is -0.0800. The topological polar surface area (TPSA) is 24.1 Å². The highest BCUT2D eigenvalue weighted by atomic mass is 15.2. The maximum atomic E-state index is 4.21. The zero-order valence-electron chi connectivity index (χ0n) is 14.4. The molecule has 0 amide bonds. The molecule has 4 atom stereocenters. The minimum absolute atomic E-state index is 0.778. The van der Waals surface area contributed by atoms with Crippen molar-refractivity contribution in [2.24, 2.45) is 11.8 Å². The van der Waals surface area contributed by atoms with E-state index in [0.717, 1.165) is 36.0 Å². The van der Waals surface area contributed by atoms with E-state index in [1.54, 1.807) is 0 Å². The summed E-state index contributed by atoms with van der Waals surface area (Å²) in [7, 11) is 0. The lowest BCUT2D eigenvalue weighted by atomic mass is 9.71. The fourth-order valence-corrected chi connectivity index (χ4v) is 6.08. The van der Waals surface area contributed by atoms with Gasteiger partial charge in [0.15, 0.2) is 0 Å². The molecule has 0 aromatic carbocycles. The normalized spacial score (nSPS) is 42.0. The number of fused-ring (bicyclic) bond motifs is 1. The molecule has 22 heavy (non-hydrogen) atoms. The van der Waals surface area contributed by atoms with Crippen molar-refractivity contribution in [3.8, 4) is 0 Å². The van der Waals surface area contributed by atoms with Gasteiger partial charge in [-0.3, -0.25) is 0 Å². The lowest BCUT2D eigenvalue weighted by Gasteiger charge is -2.52. The predicted molar refractivity (Wildman–Crippen MR) is 93.0 cm³/mol. The monoisotopic (exact) mass is 304 g/mol. The highest BCUT2D eigenvalue weighted by Gasteiger charge is 2.43. The van der Waals surface area contributed by atoms with Crippen molar-refractivity contribution in [2.45, 2.75) is 114 Å². The molecule has 2 heteroatoms. The smallest absolute Gasteiger partial charge is 0.0255 e. The molecular formula is C20H36N2. The van der Waals surface area contributed by atoms with Crippen LogP contribution in [0.2, 0.25) is 0 Å². The van der Waals surface area contributed by atoms with Gasteiger partial charge in [0.2, 0.25) is 0 Å². The molecule has 2 nitrogen and oxygen atoms in total. The second-order valence-electron chi connectivity index (χ2n) is 8.68. The van der Waals surface area contributed by atoms with Crippen LogP contribution in [0.25, 0.3) is 0 Å². The molecule has 4 unspecified atom stereocenters. The molecule has 126 valence electrons. The zero-order chi connectivity index (χ0) is 14.8. The van der Waals surface area contributed by atoms with Gasteiger partial charge in [-0.1, -0.05) is 51.4 Å². The maximum Gasteiger partial charge on any atom is 0.0255 e. The van der Waals surface area contributed by atoms with Crippen LogP contribution >= 0.6 is 0 Å². The van der Waals surface area contributed by atoms with Crippen molar-refractivity contribution < 1.29 is 0 Å². The van der Waals surface area contributed by atoms with E-state index in [1.165, 1.54) is 89.9 Å². The number of nitrogens with one attached hydrogen (secondary N) is 2. The van der Waals surface area contributed by atoms with Crippen LogP contribution in [0.1, 0.15) is 89.9 Å². The quantitative estimate of drug-likeness (QED) is 0.790. The van der Waals surface area contributed by atoms with Crippen LogP contribution in [0, 0.1) is 11.8 Å². The zero-order valence-corrected chi connectivity index (χ0v) is 14.4. The summed E-state index contributed by atoms with van der Waals surface area (Å²) in [6.45, 7) is 0. The van der Waals surface area contributed by atoms with Gasteiger partial charge in [0, 0.05) is 24.2 Å². The maximum absolute atomic E-state index is 4.21. The average molecular weight is 305 g/mol. The first-order chi connectivity index (χ1) is 10.9. The molecule has 3 aliphatic carbocycles. The Bertz CT molecular complexity index is 310. The van der Waals surface area contributed by atoms with Crippen LogP contribution < -0.4 is 10.6 Å². The molecule has 0 aromatic heterocycles. The summed E-state index contributed by atoms with van der Waals surface area (Å²) in [6, 6.07) is 3.12. The highest BCUT2D eigenvalue weighted by molar-refractivity contribution is 5.04. The largest absolute Gasteiger partial charge is 0.308 e. The third-order valence-electron chi connectivity index (χ3n) is 7.28. The number of rotatable bonds is 2. The van der Waals surface area contributed by atoms with E-state index in [9.17, 15) is 0 Å². The molecule has 3 saturated carbocycles. The summed E-state index contributed by atoms with van der Waals surface area (Å²) >= 11 is 0. The SMILES string of the molecule is C1CCC(C2NC3CCCCC3NC2C2CCCCC2)CC1. The minimum atomic E-state index is 0.778. The summed E-state index contributed by atoms with van der Waals surface area (Å²) in [4.78, 5) is 0. The summed E-state index contributed by atoms with van der Waals surface area (Å²) in [5.74, 6) is 1.91. The van der Waals surface area contributed by atoms with Gasteiger partial charge in [-0.25, -0.2) is 0 Å². The van der Waals surface area contributed by atoms with Gasteiger partial charge >= 0.3 is 0 Å². The highest BCUT2D eigenvalue weighted by Crippen LogP contribution is 2.37. The fourth-order valence-electron chi connectivity index (χ4n) is 6.08. The number of piperazine rings is 1. The summed E-state index contributed by atoms with van der Waals surface area (Å²) in [5, 5.41) is 8.42. The molecule has 2 N–H and O–H groups in total. The van der Waals surface area contributed by atoms with Gasteiger partial charge in [0.1, 0.15) is 0 Å². The van der Waals surface area contributed by atoms with Gasteiger partial charge in [0.25, 0.3) is 0 Å². The number of hydrogen-bond acceptors (Lipinski definition) is 2. The van der Waals surface area contributed by atoms with E-state index in [0.29, 0.717) is 0 Å². The Morgan fingerprint density at radius 2 is 0.773 bits per heavy atom. The first-order valence-corrected chi connectivity index (χ1v) is 10.4. The molecule has 1 heterocycles. The van der Waals surface area contributed by atoms with Gasteiger partial charge in [-0.15, -0.1) is 0 Å². The second-order valence-corrected chi connectivity index (χ2v) is 8.68. The molecule has 1 saturated heterocycles. The first kappa shape index (κ1) is 15.4. The van der Waals surface area contributed by atoms with E-state index >= 15 is 0 Å². The molecule has 4 rings (SSSR count). The molecule has 4 aliphatic rings. The van der Waals surface area contributed by atoms with Gasteiger partial charge in [-0.05, 0) is 50.4 Å².